The summed E-state index contributed by atoms with van der Waals surface area (Å²) < 4.78 is 28.4. The first-order chi connectivity index (χ1) is 2.83. The third-order valence-corrected chi connectivity index (χ3v) is 0. The fraction of sp³-hybridized carbons (Fsp3) is 0. The Bertz CT molecular complexity index is 63.5. The molecular weight excluding hydrogens is 124 g/mol. The van der Waals surface area contributed by atoms with Crippen LogP contribution in [-0.2, 0) is 31.3 Å². The molecule has 4 nitrogen and oxygen atoms in total. The second-order valence-corrected chi connectivity index (χ2v) is 0.548. The van der Waals surface area contributed by atoms with E-state index in [1.54, 1.807) is 0 Å². The van der Waals surface area contributed by atoms with Crippen LogP contribution in [-0.4, -0.2) is 0 Å². The molecule has 0 saturated heterocycles. The van der Waals surface area contributed by atoms with Crippen LogP contribution < -0.4 is 0 Å². The highest BCUT2D eigenvalue weighted by molar-refractivity contribution is 7.53. The smallest absolute Gasteiger partial charge is 0.207 e. The molecule has 0 aliphatic carbocycles. The van der Waals surface area contributed by atoms with Gasteiger partial charge < -0.3 is 18.0 Å². The maximum Gasteiger partial charge on any atom is -0.207 e. The highest BCUT2D eigenvalue weighted by Gasteiger charge is 0.690. The molecule has 0 aromatic carbocycles. The minimum absolute atomic E-state index is 0.583. The van der Waals surface area contributed by atoms with Crippen molar-refractivity contribution in [3.63, 3.8) is 0 Å². The summed E-state index contributed by atoms with van der Waals surface area (Å²) in [6.45, 7) is 0. The molecule has 0 unspecified atom stereocenters. The first-order valence-electron chi connectivity index (χ1n) is 0.812. The molecule has 0 spiro atoms. The van der Waals surface area contributed by atoms with E-state index < -0.39 is 22.9 Å². The molecule has 0 rings (SSSR count). The van der Waals surface area contributed by atoms with Crippen LogP contribution in [0.15, 0.2) is 0 Å². The van der Waals surface area contributed by atoms with Gasteiger partial charge in [0.15, 0.2) is 0 Å². The van der Waals surface area contributed by atoms with Gasteiger partial charge >= 0.3 is 0 Å². The molecule has 2 N–H and O–H groups in total. The third kappa shape index (κ3) is 3280. The summed E-state index contributed by atoms with van der Waals surface area (Å²) in [5.74, 6) is 0. The normalized spacial score (nSPS) is 5.33. The van der Waals surface area contributed by atoms with Gasteiger partial charge in [0.05, 0.1) is 0 Å². The molecule has 0 fully saturated rings. The quantitative estimate of drug-likeness (QED) is 0.350. The summed E-state index contributed by atoms with van der Waals surface area (Å²) in [6.07, 6.45) is 0. The maximum atomic E-state index is 8.57. The van der Waals surface area contributed by atoms with Crippen LogP contribution >= 0.6 is 0 Å². The van der Waals surface area contributed by atoms with Crippen molar-refractivity contribution in [1.29, 1.82) is 9.56 Å². The average Bonchev–Trinajstić information content (AvgIpc) is 1.39. The highest BCUT2D eigenvalue weighted by atomic mass is 32.1. The first kappa shape index (κ1) is 9.31. The topological polar surface area (TPSA) is 81.8 Å². The number of hydrogen-bond acceptors (Lipinski definition) is 6. The Morgan fingerprint density at radius 2 is 1.00 bits per heavy atom. The number of hydrogen-bond donors (Lipinski definition) is 2. The molecule has 6 heavy (non-hydrogen) atoms. The lowest BCUT2D eigenvalue weighted by molar-refractivity contribution is 0.607. The van der Waals surface area contributed by atoms with Crippen LogP contribution in [0.3, 0.4) is 0 Å². The Labute approximate surface area is 41.6 Å². The van der Waals surface area contributed by atoms with Crippen LogP contribution in [0.1, 0.15) is 0 Å². The standard InChI is InChI=1S/2H2NOS/c2*1-3-2/h2*1,3H/q2*-1. The van der Waals surface area contributed by atoms with E-state index >= 15 is 0 Å². The predicted octanol–water partition coefficient (Wildman–Crippen LogP) is -0.182. The van der Waals surface area contributed by atoms with Crippen LogP contribution in [0.5, 0.6) is 0 Å². The van der Waals surface area contributed by atoms with Gasteiger partial charge in [-0.3, -0.25) is 0 Å². The van der Waals surface area contributed by atoms with Gasteiger partial charge in [0, 0.05) is 0 Å². The fourth-order valence-corrected chi connectivity index (χ4v) is 0. The van der Waals surface area contributed by atoms with Gasteiger partial charge in [0.25, 0.3) is 0 Å². The summed E-state index contributed by atoms with van der Waals surface area (Å²) in [4.78, 5) is 0. The van der Waals surface area contributed by atoms with E-state index in [4.69, 9.17) is 18.0 Å². The molecule has 0 saturated carbocycles. The Morgan fingerprint density at radius 3 is 1.00 bits per heavy atom. The van der Waals surface area contributed by atoms with Crippen molar-refractivity contribution in [2.24, 2.45) is 0 Å². The Hall–Kier alpha value is -0.100. The van der Waals surface area contributed by atoms with Crippen molar-refractivity contribution in [3.8, 4) is 0 Å². The van der Waals surface area contributed by atoms with E-state index in [0.29, 0.717) is 0 Å². The van der Waals surface area contributed by atoms with E-state index in [-0.39, 0.29) is 0 Å². The van der Waals surface area contributed by atoms with E-state index in [0.717, 1.165) is 0 Å². The van der Waals surface area contributed by atoms with E-state index in [2.05, 4.69) is 0 Å². The third-order valence-electron chi connectivity index (χ3n) is 0. The van der Waals surface area contributed by atoms with Crippen molar-refractivity contribution in [2.45, 2.75) is 0 Å². The van der Waals surface area contributed by atoms with Gasteiger partial charge in [-0.2, -0.15) is 0 Å². The zero-order chi connectivity index (χ0) is 5.41. The van der Waals surface area contributed by atoms with E-state index in [1.807, 2.05) is 0 Å². The lowest BCUT2D eigenvalue weighted by Gasteiger charge is -1.33. The molecule has 0 aromatic rings. The summed E-state index contributed by atoms with van der Waals surface area (Å²) in [6, 6.07) is 0. The van der Waals surface area contributed by atoms with Crippen molar-refractivity contribution < 1.29 is 8.42 Å². The molecule has 40 valence electrons. The Morgan fingerprint density at radius 1 is 1.00 bits per heavy atom. The highest BCUT2D eigenvalue weighted by Crippen LogP contribution is 0.999. The molecule has 0 aromatic heterocycles. The van der Waals surface area contributed by atoms with Gasteiger partial charge in [-0.05, 0) is 0 Å². The molecule has 0 amide bonds. The van der Waals surface area contributed by atoms with Crippen LogP contribution in [0, 0.1) is 9.56 Å². The van der Waals surface area contributed by atoms with Gasteiger partial charge in [0.1, 0.15) is 0 Å². The van der Waals surface area contributed by atoms with Crippen LogP contribution in [0.2, 0.25) is 0 Å². The van der Waals surface area contributed by atoms with Gasteiger partial charge in [0.2, 0.25) is 0 Å². The number of rotatable bonds is 0. The molecule has 0 heterocycles. The molecule has 0 bridgehead atoms. The van der Waals surface area contributed by atoms with Crippen molar-refractivity contribution >= 4 is 22.9 Å². The van der Waals surface area contributed by atoms with E-state index in [1.165, 1.54) is 0 Å². The monoisotopic (exact) mass is 128 g/mol. The lowest BCUT2D eigenvalue weighted by Crippen LogP contribution is -1.01. The average molecular weight is 128 g/mol. The zero-order valence-corrected chi connectivity index (χ0v) is 4.50. The molecule has 0 atom stereocenters. The summed E-state index contributed by atoms with van der Waals surface area (Å²) in [5.41, 5.74) is 0. The molecule has 0 radical (unpaired) electrons. The van der Waals surface area contributed by atoms with Gasteiger partial charge in [-0.25, -0.2) is 22.9 Å². The minimum Gasteiger partial charge on any atom is -0.448 e. The number of thiol groups is 2. The second kappa shape index (κ2) is 20.6. The second-order valence-electron chi connectivity index (χ2n) is 0.183. The van der Waals surface area contributed by atoms with Crippen LogP contribution in [0.25, 0.3) is 0 Å². The largest absolute Gasteiger partial charge is 0.448 e. The SMILES string of the molecule is N=[SH-]=O.N=[SH-]=O. The minimum atomic E-state index is -0.583. The van der Waals surface area contributed by atoms with Crippen molar-refractivity contribution in [2.75, 3.05) is 0 Å². The van der Waals surface area contributed by atoms with Gasteiger partial charge in [-0.1, -0.05) is 0 Å². The van der Waals surface area contributed by atoms with Crippen molar-refractivity contribution in [1.82, 2.24) is 0 Å². The molecular formula is H4N2O2S2-2. The maximum absolute atomic E-state index is 8.57. The zero-order valence-electron chi connectivity index (χ0n) is 2.71. The van der Waals surface area contributed by atoms with Crippen LogP contribution in [0.4, 0.5) is 0 Å². The molecule has 6 heteroatoms. The molecule has 0 aliphatic rings. The summed E-state index contributed by atoms with van der Waals surface area (Å²) >= 11 is -1.17. The lowest BCUT2D eigenvalue weighted by atomic mass is 14.0. The Kier molecular flexibility index (Phi) is 32.0. The van der Waals surface area contributed by atoms with Gasteiger partial charge in [-0.15, -0.1) is 0 Å². The molecule has 0 aliphatic heterocycles. The predicted molar refractivity (Wildman–Crippen MR) is 24.3 cm³/mol. The summed E-state index contributed by atoms with van der Waals surface area (Å²) in [7, 11) is 0. The first-order valence-corrected chi connectivity index (χ1v) is 2.44. The Balaban J connectivity index is 0. The fourth-order valence-electron chi connectivity index (χ4n) is 0. The van der Waals surface area contributed by atoms with Crippen molar-refractivity contribution in [3.05, 3.63) is 0 Å². The van der Waals surface area contributed by atoms with E-state index in [9.17, 15) is 0 Å². The summed E-state index contributed by atoms with van der Waals surface area (Å²) in [5, 5.41) is 0. The number of nitrogens with one attached hydrogen (secondary N) is 2.